The highest BCUT2D eigenvalue weighted by Crippen LogP contribution is 2.27. The molecule has 0 saturated carbocycles. The van der Waals surface area contributed by atoms with Gasteiger partial charge in [0.05, 0.1) is 13.0 Å². The Labute approximate surface area is 121 Å². The quantitative estimate of drug-likeness (QED) is 0.663. The van der Waals surface area contributed by atoms with Gasteiger partial charge < -0.3 is 15.4 Å². The van der Waals surface area contributed by atoms with Crippen molar-refractivity contribution in [1.29, 1.82) is 0 Å². The average molecular weight is 289 g/mol. The number of carbonyl (C=O) groups is 3. The van der Waals surface area contributed by atoms with Gasteiger partial charge in [-0.25, -0.2) is 4.79 Å². The van der Waals surface area contributed by atoms with Crippen molar-refractivity contribution in [2.24, 2.45) is 0 Å². The Morgan fingerprint density at radius 3 is 2.86 bits per heavy atom. The summed E-state index contributed by atoms with van der Waals surface area (Å²) in [7, 11) is 0. The lowest BCUT2D eigenvalue weighted by molar-refractivity contribution is -0.126. The van der Waals surface area contributed by atoms with E-state index in [-0.39, 0.29) is 18.4 Å². The van der Waals surface area contributed by atoms with E-state index in [9.17, 15) is 14.4 Å². The van der Waals surface area contributed by atoms with Crippen LogP contribution in [0.5, 0.6) is 5.75 Å². The molecule has 1 aromatic carbocycles. The van der Waals surface area contributed by atoms with Gasteiger partial charge in [0.2, 0.25) is 5.91 Å². The van der Waals surface area contributed by atoms with Crippen LogP contribution in [0.2, 0.25) is 0 Å². The van der Waals surface area contributed by atoms with Crippen LogP contribution in [0.3, 0.4) is 0 Å². The predicted molar refractivity (Wildman–Crippen MR) is 72.7 cm³/mol. The fourth-order valence-electron chi connectivity index (χ4n) is 2.46. The summed E-state index contributed by atoms with van der Waals surface area (Å²) in [6.45, 7) is 0.371. The van der Waals surface area contributed by atoms with E-state index in [4.69, 9.17) is 4.74 Å². The number of hydrogen-bond acceptors (Lipinski definition) is 4. The molecular formula is C14H15N3O4. The van der Waals surface area contributed by atoms with Gasteiger partial charge in [-0.2, -0.15) is 0 Å². The van der Waals surface area contributed by atoms with Gasteiger partial charge in [-0.05, 0) is 11.6 Å². The van der Waals surface area contributed by atoms with Crippen molar-refractivity contribution in [2.45, 2.75) is 25.0 Å². The van der Waals surface area contributed by atoms with Gasteiger partial charge in [-0.15, -0.1) is 0 Å². The first-order valence-corrected chi connectivity index (χ1v) is 6.74. The molecule has 0 radical (unpaired) electrons. The molecule has 7 nitrogen and oxygen atoms in total. The van der Waals surface area contributed by atoms with Gasteiger partial charge in [-0.3, -0.25) is 14.9 Å². The third-order valence-corrected chi connectivity index (χ3v) is 3.49. The van der Waals surface area contributed by atoms with Gasteiger partial charge in [-0.1, -0.05) is 18.2 Å². The second-order valence-corrected chi connectivity index (χ2v) is 5.08. The summed E-state index contributed by atoms with van der Waals surface area (Å²) in [5, 5.41) is 7.20. The standard InChI is InChI=1S/C14H15N3O4/c18-12(6-10-13(19)17-14(20)16-10)15-7-9-5-8-3-1-2-4-11(8)21-9/h1-4,9-10H,5-7H2,(H,15,18)(H2,16,17,19,20)/t9-,10+/m0/s1. The largest absolute Gasteiger partial charge is 0.488 e. The van der Waals surface area contributed by atoms with Crippen LogP contribution >= 0.6 is 0 Å². The Morgan fingerprint density at radius 1 is 1.33 bits per heavy atom. The van der Waals surface area contributed by atoms with E-state index in [0.29, 0.717) is 6.54 Å². The number of imide groups is 1. The molecule has 4 amide bonds. The van der Waals surface area contributed by atoms with Gasteiger partial charge in [0.1, 0.15) is 17.9 Å². The molecule has 21 heavy (non-hydrogen) atoms. The lowest BCUT2D eigenvalue weighted by Gasteiger charge is -2.13. The van der Waals surface area contributed by atoms with Crippen LogP contribution in [0, 0.1) is 0 Å². The minimum Gasteiger partial charge on any atom is -0.488 e. The zero-order valence-electron chi connectivity index (χ0n) is 11.2. The highest BCUT2D eigenvalue weighted by atomic mass is 16.5. The lowest BCUT2D eigenvalue weighted by atomic mass is 10.1. The van der Waals surface area contributed by atoms with Crippen LogP contribution in [0.4, 0.5) is 4.79 Å². The number of hydrogen-bond donors (Lipinski definition) is 3. The molecule has 7 heteroatoms. The first-order chi connectivity index (χ1) is 10.1. The highest BCUT2D eigenvalue weighted by Gasteiger charge is 2.31. The lowest BCUT2D eigenvalue weighted by Crippen LogP contribution is -2.39. The van der Waals surface area contributed by atoms with E-state index in [2.05, 4.69) is 16.0 Å². The number of para-hydroxylation sites is 1. The predicted octanol–water partition coefficient (Wildman–Crippen LogP) is -0.296. The van der Waals surface area contributed by atoms with Crippen LogP contribution in [0.15, 0.2) is 24.3 Å². The molecule has 2 aliphatic rings. The Bertz CT molecular complexity index is 577. The van der Waals surface area contributed by atoms with Crippen molar-refractivity contribution in [3.63, 3.8) is 0 Å². The molecule has 0 aliphatic carbocycles. The molecule has 2 atom stereocenters. The third kappa shape index (κ3) is 2.96. The van der Waals surface area contributed by atoms with Crippen molar-refractivity contribution >= 4 is 17.8 Å². The number of nitrogens with one attached hydrogen (secondary N) is 3. The summed E-state index contributed by atoms with van der Waals surface area (Å²) in [6.07, 6.45) is 0.576. The summed E-state index contributed by atoms with van der Waals surface area (Å²) >= 11 is 0. The Morgan fingerprint density at radius 2 is 2.14 bits per heavy atom. The molecule has 1 saturated heterocycles. The Balaban J connectivity index is 1.45. The van der Waals surface area contributed by atoms with E-state index >= 15 is 0 Å². The maximum atomic E-state index is 11.8. The second-order valence-electron chi connectivity index (χ2n) is 5.08. The molecule has 3 rings (SSSR count). The second kappa shape index (κ2) is 5.43. The fraction of sp³-hybridized carbons (Fsp3) is 0.357. The molecule has 110 valence electrons. The zero-order chi connectivity index (χ0) is 14.8. The van der Waals surface area contributed by atoms with Crippen molar-refractivity contribution in [3.8, 4) is 5.75 Å². The topological polar surface area (TPSA) is 96.5 Å². The number of benzene rings is 1. The van der Waals surface area contributed by atoms with Crippen LogP contribution < -0.4 is 20.7 Å². The van der Waals surface area contributed by atoms with Gasteiger partial charge in [0, 0.05) is 6.42 Å². The van der Waals surface area contributed by atoms with Crippen molar-refractivity contribution in [2.75, 3.05) is 6.54 Å². The first-order valence-electron chi connectivity index (χ1n) is 6.74. The minimum absolute atomic E-state index is 0.0722. The number of amides is 4. The van der Waals surface area contributed by atoms with Crippen LogP contribution in [-0.4, -0.2) is 36.5 Å². The minimum atomic E-state index is -0.792. The molecule has 0 unspecified atom stereocenters. The summed E-state index contributed by atoms with van der Waals surface area (Å²) in [4.78, 5) is 34.1. The normalized spacial score (nSPS) is 23.0. The van der Waals surface area contributed by atoms with E-state index in [0.717, 1.165) is 17.7 Å². The summed E-state index contributed by atoms with van der Waals surface area (Å²) < 4.78 is 5.70. The fourth-order valence-corrected chi connectivity index (χ4v) is 2.46. The molecule has 0 bridgehead atoms. The summed E-state index contributed by atoms with van der Waals surface area (Å²) in [5.74, 6) is 0.0794. The first kappa shape index (κ1) is 13.4. The highest BCUT2D eigenvalue weighted by molar-refractivity contribution is 6.05. The molecule has 3 N–H and O–H groups in total. The van der Waals surface area contributed by atoms with E-state index in [1.807, 2.05) is 24.3 Å². The van der Waals surface area contributed by atoms with Gasteiger partial charge in [0.15, 0.2) is 0 Å². The van der Waals surface area contributed by atoms with Crippen molar-refractivity contribution in [1.82, 2.24) is 16.0 Å². The number of ether oxygens (including phenoxy) is 1. The SMILES string of the molecule is O=C(C[C@H]1NC(=O)NC1=O)NC[C@@H]1Cc2ccccc2O1. The molecular weight excluding hydrogens is 274 g/mol. The molecule has 1 aromatic rings. The van der Waals surface area contributed by atoms with Gasteiger partial charge in [0.25, 0.3) is 5.91 Å². The average Bonchev–Trinajstić information content (AvgIpc) is 2.99. The number of urea groups is 1. The molecule has 2 aliphatic heterocycles. The Kier molecular flexibility index (Phi) is 3.47. The van der Waals surface area contributed by atoms with E-state index in [1.54, 1.807) is 0 Å². The summed E-state index contributed by atoms with van der Waals surface area (Å²) in [5.41, 5.74) is 1.12. The van der Waals surface area contributed by atoms with Crippen molar-refractivity contribution < 1.29 is 19.1 Å². The van der Waals surface area contributed by atoms with Crippen LogP contribution in [0.25, 0.3) is 0 Å². The number of rotatable bonds is 4. The Hall–Kier alpha value is -2.57. The molecule has 0 aromatic heterocycles. The monoisotopic (exact) mass is 289 g/mol. The van der Waals surface area contributed by atoms with E-state index < -0.39 is 18.0 Å². The maximum Gasteiger partial charge on any atom is 0.322 e. The van der Waals surface area contributed by atoms with E-state index in [1.165, 1.54) is 0 Å². The van der Waals surface area contributed by atoms with Gasteiger partial charge >= 0.3 is 6.03 Å². The third-order valence-electron chi connectivity index (χ3n) is 3.49. The number of fused-ring (bicyclic) bond motifs is 1. The molecule has 1 fully saturated rings. The smallest absolute Gasteiger partial charge is 0.322 e. The van der Waals surface area contributed by atoms with Crippen molar-refractivity contribution in [3.05, 3.63) is 29.8 Å². The van der Waals surface area contributed by atoms with Crippen LogP contribution in [-0.2, 0) is 16.0 Å². The number of carbonyl (C=O) groups excluding carboxylic acids is 3. The van der Waals surface area contributed by atoms with Crippen LogP contribution in [0.1, 0.15) is 12.0 Å². The summed E-state index contributed by atoms with van der Waals surface area (Å²) in [6, 6.07) is 6.39. The molecule has 0 spiro atoms. The molecule has 2 heterocycles. The maximum absolute atomic E-state index is 11.8. The zero-order valence-corrected chi connectivity index (χ0v) is 11.2.